The van der Waals surface area contributed by atoms with Crippen LogP contribution < -0.4 is 10.8 Å². The molecule has 1 aliphatic carbocycles. The van der Waals surface area contributed by atoms with Crippen LogP contribution in [0, 0.1) is 0 Å². The second-order valence-corrected chi connectivity index (χ2v) is 6.00. The van der Waals surface area contributed by atoms with Gasteiger partial charge in [-0.05, 0) is 55.2 Å². The van der Waals surface area contributed by atoms with E-state index in [4.69, 9.17) is 22.3 Å². The summed E-state index contributed by atoms with van der Waals surface area (Å²) in [4.78, 5) is 19.4. The fourth-order valence-corrected chi connectivity index (χ4v) is 3.33. The minimum atomic E-state index is -0.206. The largest absolute Gasteiger partial charge is 0.393 e. The van der Waals surface area contributed by atoms with Crippen LogP contribution in [0.4, 0.5) is 5.69 Å². The molecule has 1 fully saturated rings. The highest BCUT2D eigenvalue weighted by atomic mass is 35.5. The average Bonchev–Trinajstić information content (AvgIpc) is 3.12. The van der Waals surface area contributed by atoms with Gasteiger partial charge in [0, 0.05) is 0 Å². The molecule has 0 unspecified atom stereocenters. The summed E-state index contributed by atoms with van der Waals surface area (Å²) in [5, 5.41) is 0. The molecule has 0 aliphatic heterocycles. The number of nitrogens with two attached hydrogens (primary N) is 1. The van der Waals surface area contributed by atoms with Crippen molar-refractivity contribution >= 4 is 23.2 Å². The summed E-state index contributed by atoms with van der Waals surface area (Å²) < 4.78 is 0. The zero-order chi connectivity index (χ0) is 16.8. The van der Waals surface area contributed by atoms with Crippen LogP contribution in [0.5, 0.6) is 0 Å². The summed E-state index contributed by atoms with van der Waals surface area (Å²) in [6.07, 6.45) is 5.66. The van der Waals surface area contributed by atoms with E-state index in [9.17, 15) is 4.79 Å². The van der Waals surface area contributed by atoms with E-state index < -0.39 is 0 Å². The van der Waals surface area contributed by atoms with Gasteiger partial charge in [0.15, 0.2) is 0 Å². The molecule has 0 bridgehead atoms. The molecule has 0 aromatic heterocycles. The minimum Gasteiger partial charge on any atom is -0.393 e. The van der Waals surface area contributed by atoms with Gasteiger partial charge in [-0.25, -0.2) is 4.90 Å². The summed E-state index contributed by atoms with van der Waals surface area (Å²) in [6, 6.07) is 6.10. The predicted molar refractivity (Wildman–Crippen MR) is 94.2 cm³/mol. The molecule has 2 N–H and O–H groups in total. The lowest BCUT2D eigenvalue weighted by Crippen LogP contribution is -2.36. The highest BCUT2D eigenvalue weighted by Crippen LogP contribution is 2.35. The van der Waals surface area contributed by atoms with Crippen LogP contribution in [0.15, 0.2) is 29.7 Å². The third-order valence-electron chi connectivity index (χ3n) is 4.38. The zero-order valence-corrected chi connectivity index (χ0v) is 14.7. The molecular formula is C18H25ClN2O2. The first-order valence-corrected chi connectivity index (χ1v) is 8.79. The summed E-state index contributed by atoms with van der Waals surface area (Å²) >= 11 is 5.89. The lowest BCUT2D eigenvalue weighted by Gasteiger charge is -2.28. The van der Waals surface area contributed by atoms with Gasteiger partial charge in [-0.3, -0.25) is 4.79 Å². The highest BCUT2D eigenvalue weighted by Gasteiger charge is 2.28. The summed E-state index contributed by atoms with van der Waals surface area (Å²) in [6.45, 7) is 4.15. The minimum absolute atomic E-state index is 0.110. The Labute approximate surface area is 143 Å². The summed E-state index contributed by atoms with van der Waals surface area (Å²) in [7, 11) is 0. The number of aryl methyl sites for hydroxylation is 2. The molecule has 0 saturated heterocycles. The average molecular weight is 337 g/mol. The molecule has 0 heterocycles. The monoisotopic (exact) mass is 336 g/mol. The van der Waals surface area contributed by atoms with Gasteiger partial charge < -0.3 is 4.84 Å². The van der Waals surface area contributed by atoms with E-state index in [1.54, 1.807) is 4.90 Å². The Morgan fingerprint density at radius 3 is 2.22 bits per heavy atom. The van der Waals surface area contributed by atoms with Gasteiger partial charge >= 0.3 is 0 Å². The molecule has 5 heteroatoms. The number of halogens is 1. The molecule has 1 amide bonds. The fourth-order valence-electron chi connectivity index (χ4n) is 3.21. The van der Waals surface area contributed by atoms with Crippen molar-refractivity contribution in [2.24, 2.45) is 5.90 Å². The standard InChI is InChI=1S/C18H25ClN2O2/c1-3-13-10-7-11-14(4-2)17(13)21(16(22)12-19)18(23-20)15-8-5-6-9-15/h7,10-11H,3-6,8-9,12,20H2,1-2H3. The first-order valence-electron chi connectivity index (χ1n) is 8.26. The fraction of sp³-hybridized carbons (Fsp3) is 0.500. The smallest absolute Gasteiger partial charge is 0.248 e. The van der Waals surface area contributed by atoms with Crippen LogP contribution in [0.3, 0.4) is 0 Å². The van der Waals surface area contributed by atoms with Crippen molar-refractivity contribution in [1.29, 1.82) is 0 Å². The van der Waals surface area contributed by atoms with Crippen LogP contribution in [0.1, 0.15) is 50.7 Å². The van der Waals surface area contributed by atoms with Crippen LogP contribution in [-0.2, 0) is 22.5 Å². The lowest BCUT2D eigenvalue weighted by molar-refractivity contribution is -0.116. The van der Waals surface area contributed by atoms with Crippen molar-refractivity contribution < 1.29 is 9.63 Å². The Balaban J connectivity index is 2.65. The number of carbonyl (C=O) groups is 1. The molecule has 4 nitrogen and oxygen atoms in total. The number of anilines is 1. The Morgan fingerprint density at radius 2 is 1.78 bits per heavy atom. The topological polar surface area (TPSA) is 55.6 Å². The second kappa shape index (κ2) is 8.37. The molecule has 0 atom stereocenters. The van der Waals surface area contributed by atoms with Gasteiger partial charge in [0.25, 0.3) is 0 Å². The zero-order valence-electron chi connectivity index (χ0n) is 13.9. The van der Waals surface area contributed by atoms with E-state index in [0.717, 1.165) is 60.9 Å². The number of para-hydroxylation sites is 1. The van der Waals surface area contributed by atoms with E-state index in [0.29, 0.717) is 5.88 Å². The third kappa shape index (κ3) is 3.70. The molecule has 23 heavy (non-hydrogen) atoms. The van der Waals surface area contributed by atoms with Crippen LogP contribution in [-0.4, -0.2) is 11.8 Å². The van der Waals surface area contributed by atoms with Crippen molar-refractivity contribution in [3.05, 3.63) is 40.8 Å². The number of hydrogen-bond donors (Lipinski definition) is 1. The van der Waals surface area contributed by atoms with Crippen molar-refractivity contribution in [2.75, 3.05) is 10.8 Å². The SMILES string of the molecule is CCc1cccc(CC)c1N(C(=O)CCl)C(ON)=C1CCCC1. The Hall–Kier alpha value is -1.52. The normalized spacial score (nSPS) is 14.0. The number of amides is 1. The van der Waals surface area contributed by atoms with Crippen molar-refractivity contribution in [3.63, 3.8) is 0 Å². The van der Waals surface area contributed by atoms with Crippen molar-refractivity contribution in [3.8, 4) is 0 Å². The third-order valence-corrected chi connectivity index (χ3v) is 4.61. The maximum absolute atomic E-state index is 12.6. The van der Waals surface area contributed by atoms with Gasteiger partial charge in [-0.15, -0.1) is 11.6 Å². The number of allylic oxidation sites excluding steroid dienone is 1. The van der Waals surface area contributed by atoms with Crippen LogP contribution in [0.2, 0.25) is 0 Å². The first-order chi connectivity index (χ1) is 11.2. The van der Waals surface area contributed by atoms with Crippen molar-refractivity contribution in [1.82, 2.24) is 0 Å². The number of alkyl halides is 1. The lowest BCUT2D eigenvalue weighted by atomic mass is 10.0. The molecule has 0 spiro atoms. The van der Waals surface area contributed by atoms with E-state index in [1.807, 2.05) is 18.2 Å². The maximum Gasteiger partial charge on any atom is 0.248 e. The predicted octanol–water partition coefficient (Wildman–Crippen LogP) is 4.06. The van der Waals surface area contributed by atoms with E-state index in [-0.39, 0.29) is 11.8 Å². The summed E-state index contributed by atoms with van der Waals surface area (Å²) in [5.41, 5.74) is 4.16. The molecule has 126 valence electrons. The Kier molecular flexibility index (Phi) is 6.48. The maximum atomic E-state index is 12.6. The number of rotatable bonds is 6. The van der Waals surface area contributed by atoms with Gasteiger partial charge in [0.1, 0.15) is 5.88 Å². The second-order valence-electron chi connectivity index (χ2n) is 5.73. The van der Waals surface area contributed by atoms with E-state index in [2.05, 4.69) is 13.8 Å². The quantitative estimate of drug-likeness (QED) is 0.484. The number of carbonyl (C=O) groups excluding carboxylic acids is 1. The van der Waals surface area contributed by atoms with Gasteiger partial charge in [-0.1, -0.05) is 32.0 Å². The molecule has 0 radical (unpaired) electrons. The molecular weight excluding hydrogens is 312 g/mol. The van der Waals surface area contributed by atoms with Crippen LogP contribution in [0.25, 0.3) is 0 Å². The molecule has 1 aromatic rings. The van der Waals surface area contributed by atoms with Gasteiger partial charge in [0.05, 0.1) is 5.69 Å². The van der Waals surface area contributed by atoms with Gasteiger partial charge in [0.2, 0.25) is 11.8 Å². The molecule has 1 saturated carbocycles. The molecule has 1 aliphatic rings. The first kappa shape index (κ1) is 17.8. The van der Waals surface area contributed by atoms with E-state index in [1.165, 1.54) is 0 Å². The molecule has 2 rings (SSSR count). The van der Waals surface area contributed by atoms with E-state index >= 15 is 0 Å². The number of nitrogens with zero attached hydrogens (tertiary/aromatic N) is 1. The summed E-state index contributed by atoms with van der Waals surface area (Å²) in [5.74, 6) is 5.72. The number of benzene rings is 1. The Bertz CT molecular complexity index is 568. The highest BCUT2D eigenvalue weighted by molar-refractivity contribution is 6.29. The van der Waals surface area contributed by atoms with Crippen molar-refractivity contribution in [2.45, 2.75) is 52.4 Å². The number of hydrogen-bond acceptors (Lipinski definition) is 3. The molecule has 1 aromatic carbocycles. The Morgan fingerprint density at radius 1 is 1.22 bits per heavy atom. The van der Waals surface area contributed by atoms with Crippen LogP contribution >= 0.6 is 11.6 Å². The van der Waals surface area contributed by atoms with Gasteiger partial charge in [-0.2, -0.15) is 5.90 Å².